The molecule has 1 saturated carbocycles. The lowest BCUT2D eigenvalue weighted by Gasteiger charge is -2.35. The molecule has 0 atom stereocenters. The van der Waals surface area contributed by atoms with Gasteiger partial charge >= 0.3 is 0 Å². The summed E-state index contributed by atoms with van der Waals surface area (Å²) in [6.07, 6.45) is 8.72. The Morgan fingerprint density at radius 3 is 2.75 bits per heavy atom. The van der Waals surface area contributed by atoms with Gasteiger partial charge in [-0.2, -0.15) is 11.8 Å². The Morgan fingerprint density at radius 2 is 2.10 bits per heavy atom. The third-order valence-corrected chi connectivity index (χ3v) is 5.50. The summed E-state index contributed by atoms with van der Waals surface area (Å²) in [5, 5.41) is 12.5. The second kappa shape index (κ2) is 7.02. The topological polar surface area (TPSA) is 49.3 Å². The average molecular weight is 293 g/mol. The van der Waals surface area contributed by atoms with Crippen LogP contribution in [0.15, 0.2) is 24.3 Å². The molecule has 3 nitrogen and oxygen atoms in total. The smallest absolute Gasteiger partial charge is 0.224 e. The molecule has 20 heavy (non-hydrogen) atoms. The summed E-state index contributed by atoms with van der Waals surface area (Å²) in [5.74, 6) is 0.248. The van der Waals surface area contributed by atoms with E-state index < -0.39 is 0 Å². The van der Waals surface area contributed by atoms with Crippen molar-refractivity contribution in [2.75, 3.05) is 12.8 Å². The molecule has 2 N–H and O–H groups in total. The lowest BCUT2D eigenvalue weighted by Crippen LogP contribution is -2.42. The van der Waals surface area contributed by atoms with E-state index in [1.54, 1.807) is 18.2 Å². The van der Waals surface area contributed by atoms with E-state index in [0.29, 0.717) is 6.42 Å². The van der Waals surface area contributed by atoms with E-state index in [-0.39, 0.29) is 16.4 Å². The molecule has 1 aliphatic carbocycles. The van der Waals surface area contributed by atoms with Gasteiger partial charge < -0.3 is 10.4 Å². The molecule has 1 aromatic rings. The lowest BCUT2D eigenvalue weighted by molar-refractivity contribution is -0.120. The van der Waals surface area contributed by atoms with Crippen LogP contribution in [-0.2, 0) is 11.2 Å². The number of aromatic hydroxyl groups is 1. The van der Waals surface area contributed by atoms with Gasteiger partial charge in [0.05, 0.1) is 6.42 Å². The molecule has 0 radical (unpaired) electrons. The van der Waals surface area contributed by atoms with Gasteiger partial charge in [0.2, 0.25) is 5.91 Å². The number of benzene rings is 1. The predicted molar refractivity (Wildman–Crippen MR) is 84.2 cm³/mol. The second-order valence-electron chi connectivity index (χ2n) is 5.57. The highest BCUT2D eigenvalue weighted by Gasteiger charge is 2.31. The molecule has 0 aromatic heterocycles. The van der Waals surface area contributed by atoms with E-state index in [4.69, 9.17) is 0 Å². The Kier molecular flexibility index (Phi) is 5.35. The van der Waals surface area contributed by atoms with E-state index in [0.717, 1.165) is 12.1 Å². The van der Waals surface area contributed by atoms with Crippen molar-refractivity contribution in [2.24, 2.45) is 0 Å². The monoisotopic (exact) mass is 293 g/mol. The van der Waals surface area contributed by atoms with Gasteiger partial charge in [0.1, 0.15) is 5.75 Å². The maximum atomic E-state index is 12.0. The molecular weight excluding hydrogens is 270 g/mol. The van der Waals surface area contributed by atoms with Gasteiger partial charge in [0, 0.05) is 11.3 Å². The van der Waals surface area contributed by atoms with E-state index in [2.05, 4.69) is 11.6 Å². The number of hydrogen-bond acceptors (Lipinski definition) is 3. The predicted octanol–water partition coefficient (Wildman–Crippen LogP) is 3.12. The summed E-state index contributed by atoms with van der Waals surface area (Å²) < 4.78 is 0.229. The summed E-state index contributed by atoms with van der Waals surface area (Å²) in [7, 11) is 0. The van der Waals surface area contributed by atoms with Crippen molar-refractivity contribution in [1.82, 2.24) is 5.32 Å². The fourth-order valence-electron chi connectivity index (χ4n) is 2.82. The molecule has 1 amide bonds. The minimum absolute atomic E-state index is 0.0367. The van der Waals surface area contributed by atoms with Crippen molar-refractivity contribution in [3.63, 3.8) is 0 Å². The quantitative estimate of drug-likeness (QED) is 0.877. The Bertz CT molecular complexity index is 456. The molecule has 110 valence electrons. The number of thioether (sulfide) groups is 1. The molecule has 1 aromatic carbocycles. The van der Waals surface area contributed by atoms with Gasteiger partial charge in [-0.25, -0.2) is 0 Å². The number of nitrogens with one attached hydrogen (secondary N) is 1. The molecule has 2 rings (SSSR count). The van der Waals surface area contributed by atoms with Gasteiger partial charge in [-0.1, -0.05) is 31.4 Å². The fraction of sp³-hybridized carbons (Fsp3) is 0.562. The molecule has 0 bridgehead atoms. The maximum Gasteiger partial charge on any atom is 0.224 e. The van der Waals surface area contributed by atoms with Gasteiger partial charge in [0.25, 0.3) is 0 Å². The summed E-state index contributed by atoms with van der Waals surface area (Å²) in [6, 6.07) is 6.89. The van der Waals surface area contributed by atoms with Crippen LogP contribution in [0.5, 0.6) is 5.75 Å². The zero-order valence-corrected chi connectivity index (χ0v) is 12.8. The zero-order chi connectivity index (χ0) is 14.4. The highest BCUT2D eigenvalue weighted by Crippen LogP contribution is 2.37. The Labute approximate surface area is 125 Å². The Hall–Kier alpha value is -1.16. The molecule has 1 fully saturated rings. The normalized spacial score (nSPS) is 17.6. The standard InChI is InChI=1S/C16H23NO2S/c1-20-16(8-3-2-4-9-16)12-17-15(19)11-13-6-5-7-14(18)10-13/h5-7,10,18H,2-4,8-9,11-12H2,1H3,(H,17,19). The Morgan fingerprint density at radius 1 is 1.35 bits per heavy atom. The Balaban J connectivity index is 1.85. The van der Waals surface area contributed by atoms with Crippen LogP contribution in [0, 0.1) is 0 Å². The number of phenols is 1. The molecule has 0 aliphatic heterocycles. The molecule has 0 unspecified atom stereocenters. The SMILES string of the molecule is CSC1(CNC(=O)Cc2cccc(O)c2)CCCCC1. The van der Waals surface area contributed by atoms with Crippen molar-refractivity contribution >= 4 is 17.7 Å². The average Bonchev–Trinajstić information content (AvgIpc) is 2.46. The first-order valence-electron chi connectivity index (χ1n) is 7.23. The number of carbonyl (C=O) groups excluding carboxylic acids is 1. The van der Waals surface area contributed by atoms with Crippen LogP contribution in [-0.4, -0.2) is 28.6 Å². The van der Waals surface area contributed by atoms with Gasteiger partial charge in [-0.3, -0.25) is 4.79 Å². The summed E-state index contributed by atoms with van der Waals surface area (Å²) in [5.41, 5.74) is 0.851. The first-order chi connectivity index (χ1) is 9.63. The van der Waals surface area contributed by atoms with Gasteiger partial charge in [-0.15, -0.1) is 0 Å². The van der Waals surface area contributed by atoms with E-state index in [1.165, 1.54) is 32.1 Å². The molecule has 4 heteroatoms. The number of phenolic OH excluding ortho intramolecular Hbond substituents is 1. The summed E-state index contributed by atoms with van der Waals surface area (Å²) >= 11 is 1.89. The largest absolute Gasteiger partial charge is 0.508 e. The highest BCUT2D eigenvalue weighted by molar-refractivity contribution is 8.00. The number of carbonyl (C=O) groups is 1. The van der Waals surface area contributed by atoms with Crippen molar-refractivity contribution < 1.29 is 9.90 Å². The minimum atomic E-state index is 0.0367. The second-order valence-corrected chi connectivity index (χ2v) is 6.85. The van der Waals surface area contributed by atoms with E-state index in [9.17, 15) is 9.90 Å². The van der Waals surface area contributed by atoms with Crippen molar-refractivity contribution in [3.8, 4) is 5.75 Å². The van der Waals surface area contributed by atoms with Crippen molar-refractivity contribution in [2.45, 2.75) is 43.3 Å². The first-order valence-corrected chi connectivity index (χ1v) is 8.46. The molecule has 0 heterocycles. The fourth-order valence-corrected chi connectivity index (χ4v) is 3.74. The van der Waals surface area contributed by atoms with Crippen LogP contribution in [0.3, 0.4) is 0 Å². The third-order valence-electron chi connectivity index (χ3n) is 4.08. The van der Waals surface area contributed by atoms with Gasteiger partial charge in [0.15, 0.2) is 0 Å². The number of hydrogen-bond donors (Lipinski definition) is 2. The summed E-state index contributed by atoms with van der Waals surface area (Å²) in [4.78, 5) is 12.0. The van der Waals surface area contributed by atoms with Crippen LogP contribution >= 0.6 is 11.8 Å². The summed E-state index contributed by atoms with van der Waals surface area (Å²) in [6.45, 7) is 0.756. The van der Waals surface area contributed by atoms with Crippen LogP contribution in [0.1, 0.15) is 37.7 Å². The minimum Gasteiger partial charge on any atom is -0.508 e. The lowest BCUT2D eigenvalue weighted by atomic mass is 9.88. The van der Waals surface area contributed by atoms with Gasteiger partial charge in [-0.05, 0) is 36.8 Å². The first kappa shape index (κ1) is 15.2. The van der Waals surface area contributed by atoms with E-state index in [1.807, 2.05) is 17.8 Å². The zero-order valence-electron chi connectivity index (χ0n) is 12.0. The highest BCUT2D eigenvalue weighted by atomic mass is 32.2. The van der Waals surface area contributed by atoms with Crippen LogP contribution in [0.4, 0.5) is 0 Å². The van der Waals surface area contributed by atoms with Crippen LogP contribution < -0.4 is 5.32 Å². The van der Waals surface area contributed by atoms with Crippen LogP contribution in [0.2, 0.25) is 0 Å². The third kappa shape index (κ3) is 4.17. The molecule has 0 saturated heterocycles. The van der Waals surface area contributed by atoms with Crippen molar-refractivity contribution in [1.29, 1.82) is 0 Å². The number of rotatable bonds is 5. The molecule has 0 spiro atoms. The molecule has 1 aliphatic rings. The van der Waals surface area contributed by atoms with E-state index >= 15 is 0 Å². The maximum absolute atomic E-state index is 12.0. The van der Waals surface area contributed by atoms with Crippen LogP contribution in [0.25, 0.3) is 0 Å². The van der Waals surface area contributed by atoms with Crippen molar-refractivity contribution in [3.05, 3.63) is 29.8 Å². The molecular formula is C16H23NO2S. The number of amides is 1.